The van der Waals surface area contributed by atoms with Crippen LogP contribution in [0.3, 0.4) is 0 Å². The normalized spacial score (nSPS) is 11.7. The van der Waals surface area contributed by atoms with E-state index in [0.717, 1.165) is 22.5 Å². The third kappa shape index (κ3) is 4.85. The summed E-state index contributed by atoms with van der Waals surface area (Å²) in [7, 11) is 2.01. The van der Waals surface area contributed by atoms with Crippen LogP contribution in [0.5, 0.6) is 0 Å². The Morgan fingerprint density at radius 3 is 2.39 bits per heavy atom. The Labute approximate surface area is 197 Å². The van der Waals surface area contributed by atoms with Crippen molar-refractivity contribution in [2.24, 2.45) is 7.05 Å². The number of rotatable bonds is 7. The lowest BCUT2D eigenvalue weighted by Crippen LogP contribution is -2.23. The minimum atomic E-state index is -3.72. The van der Waals surface area contributed by atoms with E-state index < -0.39 is 10.0 Å². The molecule has 0 saturated carbocycles. The van der Waals surface area contributed by atoms with Gasteiger partial charge in [0.25, 0.3) is 0 Å². The Balaban J connectivity index is 1.56. The molecule has 0 aliphatic rings. The Bertz CT molecular complexity index is 1370. The quantitative estimate of drug-likeness (QED) is 0.409. The van der Waals surface area contributed by atoms with E-state index in [1.165, 1.54) is 23.5 Å². The van der Waals surface area contributed by atoms with Crippen LogP contribution in [0.15, 0.2) is 64.9 Å². The van der Waals surface area contributed by atoms with Crippen molar-refractivity contribution in [2.45, 2.75) is 18.4 Å². The molecule has 0 spiro atoms. The lowest BCUT2D eigenvalue weighted by molar-refractivity contribution is 0.580. The van der Waals surface area contributed by atoms with Crippen LogP contribution in [0.1, 0.15) is 11.3 Å². The topological polar surface area (TPSA) is 67.2 Å². The highest BCUT2D eigenvalue weighted by molar-refractivity contribution is 7.89. The summed E-state index contributed by atoms with van der Waals surface area (Å²) in [5, 5.41) is 2.58. The third-order valence-corrected chi connectivity index (χ3v) is 7.94. The molecule has 0 saturated heterocycles. The number of nitrogens with one attached hydrogen (secondary N) is 1. The van der Waals surface area contributed by atoms with E-state index in [-0.39, 0.29) is 17.3 Å². The number of hydrogen-bond donors (Lipinski definition) is 1. The van der Waals surface area contributed by atoms with Crippen molar-refractivity contribution < 1.29 is 12.8 Å². The molecule has 4 aromatic rings. The number of aromatic nitrogens is 2. The Morgan fingerprint density at radius 2 is 1.76 bits per heavy atom. The number of halogens is 1. The van der Waals surface area contributed by atoms with Crippen molar-refractivity contribution in [3.8, 4) is 22.0 Å². The van der Waals surface area contributed by atoms with Crippen LogP contribution in [0, 0.1) is 12.7 Å². The summed E-state index contributed by atoms with van der Waals surface area (Å²) in [6.45, 7) is 1.98. The molecule has 0 unspecified atom stereocenters. The van der Waals surface area contributed by atoms with Crippen molar-refractivity contribution in [1.82, 2.24) is 14.3 Å². The van der Waals surface area contributed by atoms with E-state index in [0.29, 0.717) is 16.4 Å². The first kappa shape index (κ1) is 23.2. The van der Waals surface area contributed by atoms with Crippen LogP contribution in [0.4, 0.5) is 10.1 Å². The lowest BCUT2D eigenvalue weighted by Gasteiger charge is -2.13. The number of nitrogens with zero attached hydrogens (tertiary/aromatic N) is 3. The van der Waals surface area contributed by atoms with E-state index in [9.17, 15) is 12.8 Å². The highest BCUT2D eigenvalue weighted by atomic mass is 32.2. The molecule has 0 aliphatic heterocycles. The third-order valence-electron chi connectivity index (χ3n) is 5.56. The smallest absolute Gasteiger partial charge is 0.242 e. The fraction of sp³-hybridized carbons (Fsp3) is 0.208. The van der Waals surface area contributed by atoms with Crippen LogP contribution >= 0.6 is 11.3 Å². The molecular weight excluding hydrogens is 459 g/mol. The lowest BCUT2D eigenvalue weighted by atomic mass is 10.2. The molecule has 9 heteroatoms. The summed E-state index contributed by atoms with van der Waals surface area (Å²) in [5.74, 6) is -0.303. The van der Waals surface area contributed by atoms with Crippen LogP contribution in [-0.4, -0.2) is 32.1 Å². The molecule has 0 aliphatic carbocycles. The zero-order valence-electron chi connectivity index (χ0n) is 18.8. The van der Waals surface area contributed by atoms with Crippen molar-refractivity contribution in [3.63, 3.8) is 0 Å². The minimum Gasteiger partial charge on any atom is -0.378 e. The number of sulfonamides is 1. The average Bonchev–Trinajstić information content (AvgIpc) is 3.39. The van der Waals surface area contributed by atoms with Gasteiger partial charge in [0, 0.05) is 50.0 Å². The summed E-state index contributed by atoms with van der Waals surface area (Å²) in [6, 6.07) is 15.5. The first-order chi connectivity index (χ1) is 15.7. The molecule has 0 fully saturated rings. The average molecular weight is 485 g/mol. The van der Waals surface area contributed by atoms with Gasteiger partial charge in [-0.05, 0) is 55.0 Å². The number of thiazole rings is 1. The van der Waals surface area contributed by atoms with E-state index in [4.69, 9.17) is 0 Å². The van der Waals surface area contributed by atoms with Crippen molar-refractivity contribution >= 4 is 27.0 Å². The van der Waals surface area contributed by atoms with Crippen molar-refractivity contribution in [3.05, 3.63) is 77.1 Å². The second kappa shape index (κ2) is 9.09. The van der Waals surface area contributed by atoms with Gasteiger partial charge in [0.2, 0.25) is 10.0 Å². The van der Waals surface area contributed by atoms with Gasteiger partial charge < -0.3 is 9.47 Å². The Morgan fingerprint density at radius 1 is 1.09 bits per heavy atom. The highest BCUT2D eigenvalue weighted by Gasteiger charge is 2.23. The van der Waals surface area contributed by atoms with E-state index in [2.05, 4.69) is 9.71 Å². The largest absolute Gasteiger partial charge is 0.378 e. The second-order valence-electron chi connectivity index (χ2n) is 7.97. The number of hydrogen-bond acceptors (Lipinski definition) is 5. The summed E-state index contributed by atoms with van der Waals surface area (Å²) in [4.78, 5) is 6.86. The van der Waals surface area contributed by atoms with Crippen LogP contribution in [0.25, 0.3) is 22.0 Å². The first-order valence-corrected chi connectivity index (χ1v) is 12.7. The molecular formula is C24H25FN4O2S2. The van der Waals surface area contributed by atoms with E-state index >= 15 is 0 Å². The monoisotopic (exact) mass is 484 g/mol. The van der Waals surface area contributed by atoms with Gasteiger partial charge in [-0.3, -0.25) is 0 Å². The predicted octanol–water partition coefficient (Wildman–Crippen LogP) is 4.81. The zero-order chi connectivity index (χ0) is 23.8. The van der Waals surface area contributed by atoms with E-state index in [1.807, 2.05) is 60.3 Å². The summed E-state index contributed by atoms with van der Waals surface area (Å²) < 4.78 is 43.9. The maximum atomic E-state index is 13.2. The highest BCUT2D eigenvalue weighted by Crippen LogP contribution is 2.32. The molecule has 0 amide bonds. The minimum absolute atomic E-state index is 0.200. The fourth-order valence-electron chi connectivity index (χ4n) is 3.46. The molecule has 6 nitrogen and oxygen atoms in total. The van der Waals surface area contributed by atoms with Gasteiger partial charge in [-0.1, -0.05) is 12.1 Å². The van der Waals surface area contributed by atoms with Crippen LogP contribution < -0.4 is 9.62 Å². The van der Waals surface area contributed by atoms with Gasteiger partial charge in [-0.2, -0.15) is 0 Å². The molecule has 4 rings (SSSR count). The molecule has 0 atom stereocenters. The molecule has 2 heterocycles. The van der Waals surface area contributed by atoms with Crippen LogP contribution in [-0.2, 0) is 23.6 Å². The van der Waals surface area contributed by atoms with Gasteiger partial charge in [0.1, 0.15) is 15.7 Å². The van der Waals surface area contributed by atoms with Gasteiger partial charge in [0.15, 0.2) is 0 Å². The molecule has 0 radical (unpaired) electrons. The van der Waals surface area contributed by atoms with E-state index in [1.54, 1.807) is 25.1 Å². The zero-order valence-corrected chi connectivity index (χ0v) is 20.5. The summed E-state index contributed by atoms with van der Waals surface area (Å²) in [5.41, 5.74) is 4.79. The molecule has 0 bridgehead atoms. The maximum absolute atomic E-state index is 13.2. The molecule has 2 aromatic heterocycles. The van der Waals surface area contributed by atoms with Crippen LogP contribution in [0.2, 0.25) is 0 Å². The SMILES string of the molecule is Cc1c(S(=O)(=O)NCc2ccc(N(C)C)cc2)cc(-c2nc(-c3ccc(F)cc3)cs2)n1C. The second-order valence-corrected chi connectivity index (χ2v) is 10.6. The van der Waals surface area contributed by atoms with Gasteiger partial charge in [-0.25, -0.2) is 22.5 Å². The molecule has 1 N–H and O–H groups in total. The van der Waals surface area contributed by atoms with Gasteiger partial charge in [-0.15, -0.1) is 11.3 Å². The molecule has 33 heavy (non-hydrogen) atoms. The number of benzene rings is 2. The fourth-order valence-corrected chi connectivity index (χ4v) is 5.65. The van der Waals surface area contributed by atoms with Gasteiger partial charge >= 0.3 is 0 Å². The van der Waals surface area contributed by atoms with Crippen molar-refractivity contribution in [1.29, 1.82) is 0 Å². The summed E-state index contributed by atoms with van der Waals surface area (Å²) in [6.07, 6.45) is 0. The number of anilines is 1. The molecule has 2 aromatic carbocycles. The molecule has 172 valence electrons. The summed E-state index contributed by atoms with van der Waals surface area (Å²) >= 11 is 1.42. The predicted molar refractivity (Wildman–Crippen MR) is 131 cm³/mol. The maximum Gasteiger partial charge on any atom is 0.242 e. The van der Waals surface area contributed by atoms with Gasteiger partial charge in [0.05, 0.1) is 11.4 Å². The van der Waals surface area contributed by atoms with Crippen molar-refractivity contribution in [2.75, 3.05) is 19.0 Å². The Hall–Kier alpha value is -3.01. The standard InChI is InChI=1S/C24H25FN4O2S2/c1-16-23(33(30,31)26-14-17-5-11-20(12-6-17)28(2)3)13-22(29(16)4)24-27-21(15-32-24)18-7-9-19(25)10-8-18/h5-13,15,26H,14H2,1-4H3. The first-order valence-electron chi connectivity index (χ1n) is 10.3. The Kier molecular flexibility index (Phi) is 6.38.